The van der Waals surface area contributed by atoms with Gasteiger partial charge in [0, 0.05) is 31.6 Å². The first-order valence-electron chi connectivity index (χ1n) is 5.25. The number of allylic oxidation sites excluding steroid dienone is 1. The Hall–Kier alpha value is -0.0500. The Morgan fingerprint density at radius 1 is 1.36 bits per heavy atom. The molecule has 2 unspecified atom stereocenters. The number of rotatable bonds is 4. The van der Waals surface area contributed by atoms with Crippen molar-refractivity contribution in [1.82, 2.24) is 9.80 Å². The van der Waals surface area contributed by atoms with Crippen LogP contribution in [0.1, 0.15) is 6.92 Å². The van der Waals surface area contributed by atoms with Crippen LogP contribution >= 0.6 is 11.6 Å². The highest BCUT2D eigenvalue weighted by molar-refractivity contribution is 6.18. The molecule has 0 aromatic rings. The lowest BCUT2D eigenvalue weighted by Crippen LogP contribution is -2.34. The fraction of sp³-hybridized carbons (Fsp3) is 0.818. The minimum absolute atomic E-state index is 0.625. The quantitative estimate of drug-likeness (QED) is 0.521. The number of hydrogen-bond donors (Lipinski definition) is 0. The van der Waals surface area contributed by atoms with E-state index in [2.05, 4.69) is 36.9 Å². The Labute approximate surface area is 92.5 Å². The van der Waals surface area contributed by atoms with Gasteiger partial charge in [0.15, 0.2) is 0 Å². The topological polar surface area (TPSA) is 6.48 Å². The third-order valence-corrected chi connectivity index (χ3v) is 3.11. The smallest absolute Gasteiger partial charge is 0.0404 e. The van der Waals surface area contributed by atoms with Crippen molar-refractivity contribution in [1.29, 1.82) is 0 Å². The normalized spacial score (nSPS) is 29.5. The number of likely N-dealkylation sites (tertiary alicyclic amines) is 1. The number of nitrogens with zero attached hydrogens (tertiary/aromatic N) is 2. The Kier molecular flexibility index (Phi) is 4.93. The lowest BCUT2D eigenvalue weighted by Gasteiger charge is -2.22. The fourth-order valence-corrected chi connectivity index (χ4v) is 2.28. The van der Waals surface area contributed by atoms with E-state index >= 15 is 0 Å². The second kappa shape index (κ2) is 5.74. The van der Waals surface area contributed by atoms with E-state index in [9.17, 15) is 0 Å². The summed E-state index contributed by atoms with van der Waals surface area (Å²) in [7, 11) is 4.33. The van der Waals surface area contributed by atoms with Crippen molar-refractivity contribution in [3.63, 3.8) is 0 Å². The van der Waals surface area contributed by atoms with Crippen molar-refractivity contribution in [2.75, 3.05) is 39.6 Å². The predicted molar refractivity (Wildman–Crippen MR) is 62.9 cm³/mol. The first kappa shape index (κ1) is 12.0. The molecule has 82 valence electrons. The van der Waals surface area contributed by atoms with E-state index in [1.807, 2.05) is 6.08 Å². The maximum atomic E-state index is 5.58. The summed E-state index contributed by atoms with van der Waals surface area (Å²) in [5.74, 6) is 1.40. The van der Waals surface area contributed by atoms with Gasteiger partial charge in [-0.3, -0.25) is 4.90 Å². The van der Waals surface area contributed by atoms with Crippen LogP contribution in [0.2, 0.25) is 0 Å². The van der Waals surface area contributed by atoms with E-state index in [1.54, 1.807) is 0 Å². The predicted octanol–water partition coefficient (Wildman–Crippen LogP) is 1.66. The van der Waals surface area contributed by atoms with E-state index in [4.69, 9.17) is 11.6 Å². The van der Waals surface area contributed by atoms with Gasteiger partial charge in [0.2, 0.25) is 0 Å². The summed E-state index contributed by atoms with van der Waals surface area (Å²) in [4.78, 5) is 4.81. The van der Waals surface area contributed by atoms with Crippen molar-refractivity contribution in [3.8, 4) is 0 Å². The molecule has 0 saturated carbocycles. The molecule has 0 aliphatic carbocycles. The van der Waals surface area contributed by atoms with Crippen LogP contribution in [0.15, 0.2) is 12.2 Å². The van der Waals surface area contributed by atoms with Gasteiger partial charge in [-0.05, 0) is 20.0 Å². The van der Waals surface area contributed by atoms with Crippen molar-refractivity contribution >= 4 is 11.6 Å². The van der Waals surface area contributed by atoms with Gasteiger partial charge in [0.05, 0.1) is 0 Å². The number of hydrogen-bond acceptors (Lipinski definition) is 2. The standard InChI is InChI=1S/C11H21ClN2/c1-10-8-14(7-5-4-6-12)9-11(10)13(2)3/h4-5,10-11H,6-9H2,1-3H3/b5-4+. The van der Waals surface area contributed by atoms with E-state index in [0.717, 1.165) is 12.5 Å². The maximum Gasteiger partial charge on any atom is 0.0404 e. The van der Waals surface area contributed by atoms with Crippen LogP contribution in [0.3, 0.4) is 0 Å². The summed E-state index contributed by atoms with van der Waals surface area (Å²) in [5.41, 5.74) is 0. The highest BCUT2D eigenvalue weighted by atomic mass is 35.5. The summed E-state index contributed by atoms with van der Waals surface area (Å²) in [6.45, 7) is 5.76. The van der Waals surface area contributed by atoms with Crippen molar-refractivity contribution in [2.24, 2.45) is 5.92 Å². The molecule has 2 nitrogen and oxygen atoms in total. The molecule has 1 saturated heterocycles. The molecule has 1 fully saturated rings. The zero-order valence-corrected chi connectivity index (χ0v) is 10.2. The van der Waals surface area contributed by atoms with Gasteiger partial charge in [-0.1, -0.05) is 19.1 Å². The summed E-state index contributed by atoms with van der Waals surface area (Å²) >= 11 is 5.58. The fourth-order valence-electron chi connectivity index (χ4n) is 2.16. The minimum Gasteiger partial charge on any atom is -0.305 e. The molecule has 0 radical (unpaired) electrons. The van der Waals surface area contributed by atoms with Crippen LogP contribution in [0.5, 0.6) is 0 Å². The Morgan fingerprint density at radius 3 is 2.57 bits per heavy atom. The van der Waals surface area contributed by atoms with Crippen molar-refractivity contribution in [3.05, 3.63) is 12.2 Å². The minimum atomic E-state index is 0.625. The van der Waals surface area contributed by atoms with Crippen LogP contribution in [-0.2, 0) is 0 Å². The Balaban J connectivity index is 2.35. The molecule has 2 atom stereocenters. The zero-order valence-electron chi connectivity index (χ0n) is 9.41. The average molecular weight is 217 g/mol. The lowest BCUT2D eigenvalue weighted by molar-refractivity contribution is 0.256. The average Bonchev–Trinajstić information content (AvgIpc) is 2.47. The van der Waals surface area contributed by atoms with E-state index in [-0.39, 0.29) is 0 Å². The molecule has 0 aromatic heterocycles. The van der Waals surface area contributed by atoms with E-state index < -0.39 is 0 Å². The monoisotopic (exact) mass is 216 g/mol. The second-order valence-electron chi connectivity index (χ2n) is 4.35. The zero-order chi connectivity index (χ0) is 10.6. The van der Waals surface area contributed by atoms with Gasteiger partial charge in [0.1, 0.15) is 0 Å². The molecule has 1 aliphatic rings. The summed E-state index contributed by atoms with van der Waals surface area (Å²) < 4.78 is 0. The highest BCUT2D eigenvalue weighted by Gasteiger charge is 2.29. The third-order valence-electron chi connectivity index (χ3n) is 2.93. The van der Waals surface area contributed by atoms with Gasteiger partial charge >= 0.3 is 0 Å². The highest BCUT2D eigenvalue weighted by Crippen LogP contribution is 2.19. The number of alkyl halides is 1. The van der Waals surface area contributed by atoms with Crippen LogP contribution in [0, 0.1) is 5.92 Å². The summed E-state index contributed by atoms with van der Waals surface area (Å²) in [6.07, 6.45) is 4.19. The molecular weight excluding hydrogens is 196 g/mol. The van der Waals surface area contributed by atoms with E-state index in [1.165, 1.54) is 13.1 Å². The molecule has 1 rings (SSSR count). The van der Waals surface area contributed by atoms with Crippen molar-refractivity contribution < 1.29 is 0 Å². The second-order valence-corrected chi connectivity index (χ2v) is 4.66. The summed E-state index contributed by atoms with van der Waals surface area (Å²) in [5, 5.41) is 0. The number of likely N-dealkylation sites (N-methyl/N-ethyl adjacent to an activating group) is 1. The number of halogens is 1. The van der Waals surface area contributed by atoms with E-state index in [0.29, 0.717) is 11.9 Å². The van der Waals surface area contributed by atoms with Gasteiger partial charge in [-0.15, -0.1) is 11.6 Å². The molecule has 0 N–H and O–H groups in total. The van der Waals surface area contributed by atoms with Crippen LogP contribution in [0.4, 0.5) is 0 Å². The third kappa shape index (κ3) is 3.26. The lowest BCUT2D eigenvalue weighted by atomic mass is 10.1. The summed E-state index contributed by atoms with van der Waals surface area (Å²) in [6, 6.07) is 0.708. The molecule has 1 aliphatic heterocycles. The van der Waals surface area contributed by atoms with Gasteiger partial charge in [-0.2, -0.15) is 0 Å². The SMILES string of the molecule is CC1CN(C/C=C/CCl)CC1N(C)C. The molecule has 0 aromatic carbocycles. The first-order chi connectivity index (χ1) is 6.65. The molecule has 1 heterocycles. The Morgan fingerprint density at radius 2 is 2.07 bits per heavy atom. The Bertz CT molecular complexity index is 192. The van der Waals surface area contributed by atoms with Crippen molar-refractivity contribution in [2.45, 2.75) is 13.0 Å². The van der Waals surface area contributed by atoms with Gasteiger partial charge in [0.25, 0.3) is 0 Å². The first-order valence-corrected chi connectivity index (χ1v) is 5.78. The van der Waals surface area contributed by atoms with Gasteiger partial charge < -0.3 is 4.90 Å². The molecule has 14 heavy (non-hydrogen) atoms. The maximum absolute atomic E-state index is 5.58. The molecule has 0 amide bonds. The van der Waals surface area contributed by atoms with Crippen LogP contribution in [-0.4, -0.2) is 55.5 Å². The largest absolute Gasteiger partial charge is 0.305 e. The molecule has 0 spiro atoms. The van der Waals surface area contributed by atoms with Crippen LogP contribution < -0.4 is 0 Å². The molecular formula is C11H21ClN2. The van der Waals surface area contributed by atoms with Gasteiger partial charge in [-0.25, -0.2) is 0 Å². The molecule has 3 heteroatoms. The molecule has 0 bridgehead atoms. The van der Waals surface area contributed by atoms with Crippen LogP contribution in [0.25, 0.3) is 0 Å².